The summed E-state index contributed by atoms with van der Waals surface area (Å²) in [6.07, 6.45) is 11.9. The summed E-state index contributed by atoms with van der Waals surface area (Å²) in [7, 11) is 0. The fourth-order valence-corrected chi connectivity index (χ4v) is 3.21. The average molecular weight is 289 g/mol. The Bertz CT molecular complexity index is 430. The number of aryl methyl sites for hydroxylation is 1. The summed E-state index contributed by atoms with van der Waals surface area (Å²) < 4.78 is 6.12. The predicted octanol–water partition coefficient (Wildman–Crippen LogP) is 5.29. The van der Waals surface area contributed by atoms with E-state index in [9.17, 15) is 0 Å². The lowest BCUT2D eigenvalue weighted by atomic mass is 9.93. The molecule has 0 fully saturated rings. The monoisotopic (exact) mass is 289 g/mol. The van der Waals surface area contributed by atoms with Crippen LogP contribution in [0.4, 0.5) is 0 Å². The van der Waals surface area contributed by atoms with E-state index in [-0.39, 0.29) is 6.04 Å². The van der Waals surface area contributed by atoms with E-state index in [4.69, 9.17) is 10.5 Å². The second-order valence-corrected chi connectivity index (χ2v) is 6.53. The van der Waals surface area contributed by atoms with Gasteiger partial charge in [-0.05, 0) is 25.8 Å². The third-order valence-electron chi connectivity index (χ3n) is 4.50. The van der Waals surface area contributed by atoms with Crippen LogP contribution in [0.5, 0.6) is 5.75 Å². The summed E-state index contributed by atoms with van der Waals surface area (Å²) in [5.74, 6) is 1.01. The maximum absolute atomic E-state index is 6.31. The van der Waals surface area contributed by atoms with Crippen LogP contribution in [-0.4, -0.2) is 6.10 Å². The van der Waals surface area contributed by atoms with Gasteiger partial charge in [0.2, 0.25) is 0 Å². The molecule has 2 nitrogen and oxygen atoms in total. The SMILES string of the molecule is CCCCCCCCCC1C[C@H](N)c2cc(C)ccc2O1. The number of fused-ring (bicyclic) bond motifs is 1. The first-order chi connectivity index (χ1) is 10.2. The van der Waals surface area contributed by atoms with Gasteiger partial charge in [0.05, 0.1) is 0 Å². The van der Waals surface area contributed by atoms with Crippen molar-refractivity contribution in [3.05, 3.63) is 29.3 Å². The maximum Gasteiger partial charge on any atom is 0.124 e. The first kappa shape index (κ1) is 16.4. The molecule has 0 saturated heterocycles. The van der Waals surface area contributed by atoms with Crippen molar-refractivity contribution in [3.63, 3.8) is 0 Å². The van der Waals surface area contributed by atoms with E-state index in [0.717, 1.165) is 18.6 Å². The van der Waals surface area contributed by atoms with Gasteiger partial charge in [0.25, 0.3) is 0 Å². The molecule has 1 aliphatic rings. The molecule has 0 bridgehead atoms. The topological polar surface area (TPSA) is 35.2 Å². The summed E-state index contributed by atoms with van der Waals surface area (Å²) in [5, 5.41) is 0. The first-order valence-corrected chi connectivity index (χ1v) is 8.73. The summed E-state index contributed by atoms with van der Waals surface area (Å²) in [4.78, 5) is 0. The number of unbranched alkanes of at least 4 members (excludes halogenated alkanes) is 6. The molecule has 2 N–H and O–H groups in total. The standard InChI is InChI=1S/C19H31NO/c1-3-4-5-6-7-8-9-10-16-14-18(20)17-13-15(2)11-12-19(17)21-16/h11-13,16,18H,3-10,14,20H2,1-2H3/t16?,18-/m0/s1. The van der Waals surface area contributed by atoms with Crippen LogP contribution < -0.4 is 10.5 Å². The van der Waals surface area contributed by atoms with E-state index in [1.807, 2.05) is 0 Å². The fraction of sp³-hybridized carbons (Fsp3) is 0.684. The van der Waals surface area contributed by atoms with Crippen molar-refractivity contribution < 1.29 is 4.74 Å². The molecule has 1 aliphatic heterocycles. The van der Waals surface area contributed by atoms with Crippen LogP contribution in [0.3, 0.4) is 0 Å². The van der Waals surface area contributed by atoms with E-state index in [1.165, 1.54) is 56.1 Å². The van der Waals surface area contributed by atoms with Crippen LogP contribution in [0.25, 0.3) is 0 Å². The molecular weight excluding hydrogens is 258 g/mol. The van der Waals surface area contributed by atoms with Gasteiger partial charge >= 0.3 is 0 Å². The summed E-state index contributed by atoms with van der Waals surface area (Å²) in [6.45, 7) is 4.38. The fourth-order valence-electron chi connectivity index (χ4n) is 3.21. The zero-order chi connectivity index (χ0) is 15.1. The molecule has 0 spiro atoms. The minimum absolute atomic E-state index is 0.142. The normalized spacial score (nSPS) is 20.9. The number of benzene rings is 1. The Balaban J connectivity index is 1.70. The molecule has 2 rings (SSSR count). The third-order valence-corrected chi connectivity index (χ3v) is 4.50. The molecule has 1 aromatic rings. The van der Waals surface area contributed by atoms with E-state index in [1.54, 1.807) is 0 Å². The van der Waals surface area contributed by atoms with Crippen LogP contribution >= 0.6 is 0 Å². The third kappa shape index (κ3) is 5.03. The highest BCUT2D eigenvalue weighted by atomic mass is 16.5. The predicted molar refractivity (Wildman–Crippen MR) is 89.8 cm³/mol. The summed E-state index contributed by atoms with van der Waals surface area (Å²) in [5.41, 5.74) is 8.76. The number of nitrogens with two attached hydrogens (primary N) is 1. The van der Waals surface area contributed by atoms with E-state index >= 15 is 0 Å². The van der Waals surface area contributed by atoms with Gasteiger partial charge in [0.1, 0.15) is 11.9 Å². The smallest absolute Gasteiger partial charge is 0.124 e. The second-order valence-electron chi connectivity index (χ2n) is 6.53. The Kier molecular flexibility index (Phi) is 6.56. The van der Waals surface area contributed by atoms with Gasteiger partial charge in [0, 0.05) is 18.0 Å². The van der Waals surface area contributed by atoms with Crippen molar-refractivity contribution in [1.82, 2.24) is 0 Å². The van der Waals surface area contributed by atoms with Gasteiger partial charge in [-0.3, -0.25) is 0 Å². The van der Waals surface area contributed by atoms with Crippen LogP contribution in [0, 0.1) is 6.92 Å². The quantitative estimate of drug-likeness (QED) is 0.660. The summed E-state index contributed by atoms with van der Waals surface area (Å²) in [6, 6.07) is 6.51. The molecule has 1 unspecified atom stereocenters. The Morgan fingerprint density at radius 1 is 1.10 bits per heavy atom. The van der Waals surface area contributed by atoms with E-state index in [2.05, 4.69) is 32.0 Å². The van der Waals surface area contributed by atoms with Crippen LogP contribution in [-0.2, 0) is 0 Å². The highest BCUT2D eigenvalue weighted by Gasteiger charge is 2.25. The number of hydrogen-bond acceptors (Lipinski definition) is 2. The zero-order valence-electron chi connectivity index (χ0n) is 13.7. The van der Waals surface area contributed by atoms with Crippen molar-refractivity contribution >= 4 is 0 Å². The molecule has 2 heteroatoms. The highest BCUT2D eigenvalue weighted by molar-refractivity contribution is 5.40. The van der Waals surface area contributed by atoms with Gasteiger partial charge in [0.15, 0.2) is 0 Å². The number of ether oxygens (including phenoxy) is 1. The lowest BCUT2D eigenvalue weighted by Crippen LogP contribution is -2.29. The summed E-state index contributed by atoms with van der Waals surface area (Å²) >= 11 is 0. The molecule has 0 saturated carbocycles. The van der Waals surface area contributed by atoms with E-state index in [0.29, 0.717) is 6.10 Å². The Morgan fingerprint density at radius 3 is 2.57 bits per heavy atom. The van der Waals surface area contributed by atoms with Gasteiger partial charge in [-0.25, -0.2) is 0 Å². The Morgan fingerprint density at radius 2 is 1.81 bits per heavy atom. The van der Waals surface area contributed by atoms with Crippen molar-refractivity contribution in [3.8, 4) is 5.75 Å². The molecule has 1 aromatic carbocycles. The number of hydrogen-bond donors (Lipinski definition) is 1. The molecule has 0 amide bonds. The van der Waals surface area contributed by atoms with Crippen molar-refractivity contribution in [2.24, 2.45) is 5.73 Å². The highest BCUT2D eigenvalue weighted by Crippen LogP contribution is 2.35. The minimum atomic E-state index is 0.142. The van der Waals surface area contributed by atoms with Gasteiger partial charge in [-0.15, -0.1) is 0 Å². The number of rotatable bonds is 8. The molecule has 0 radical (unpaired) electrons. The molecule has 1 heterocycles. The van der Waals surface area contributed by atoms with Crippen molar-refractivity contribution in [2.75, 3.05) is 0 Å². The average Bonchev–Trinajstić information content (AvgIpc) is 2.47. The minimum Gasteiger partial charge on any atom is -0.490 e. The van der Waals surface area contributed by atoms with Crippen molar-refractivity contribution in [1.29, 1.82) is 0 Å². The zero-order valence-corrected chi connectivity index (χ0v) is 13.7. The van der Waals surface area contributed by atoms with Crippen LogP contribution in [0.15, 0.2) is 18.2 Å². The first-order valence-electron chi connectivity index (χ1n) is 8.73. The van der Waals surface area contributed by atoms with Crippen molar-refractivity contribution in [2.45, 2.75) is 83.8 Å². The molecule has 0 aromatic heterocycles. The van der Waals surface area contributed by atoms with Crippen LogP contribution in [0.1, 0.15) is 81.9 Å². The van der Waals surface area contributed by atoms with E-state index < -0.39 is 0 Å². The van der Waals surface area contributed by atoms with Crippen LogP contribution in [0.2, 0.25) is 0 Å². The van der Waals surface area contributed by atoms with Gasteiger partial charge < -0.3 is 10.5 Å². The van der Waals surface area contributed by atoms with Gasteiger partial charge in [-0.1, -0.05) is 63.1 Å². The Hall–Kier alpha value is -1.02. The lowest BCUT2D eigenvalue weighted by Gasteiger charge is -2.30. The molecule has 2 atom stereocenters. The molecular formula is C19H31NO. The lowest BCUT2D eigenvalue weighted by molar-refractivity contribution is 0.146. The molecule has 21 heavy (non-hydrogen) atoms. The second kappa shape index (κ2) is 8.43. The largest absolute Gasteiger partial charge is 0.490 e. The van der Waals surface area contributed by atoms with Gasteiger partial charge in [-0.2, -0.15) is 0 Å². The molecule has 0 aliphatic carbocycles. The Labute approximate surface area is 130 Å². The molecule has 118 valence electrons. The maximum atomic E-state index is 6.31.